The highest BCUT2D eigenvalue weighted by atomic mass is 15.3. The van der Waals surface area contributed by atoms with E-state index in [0.717, 1.165) is 12.6 Å². The summed E-state index contributed by atoms with van der Waals surface area (Å²) in [5.41, 5.74) is 6.91. The summed E-state index contributed by atoms with van der Waals surface area (Å²) in [6.45, 7) is 7.05. The number of nitrogen functional groups attached to an aromatic ring is 1. The van der Waals surface area contributed by atoms with Crippen LogP contribution >= 0.6 is 0 Å². The molecule has 2 fully saturated rings. The first-order valence-electron chi connectivity index (χ1n) is 7.41. The minimum atomic E-state index is 0.605. The Balaban J connectivity index is 1.65. The molecule has 1 aromatic rings. The van der Waals surface area contributed by atoms with E-state index in [9.17, 15) is 0 Å². The third-order valence-electron chi connectivity index (χ3n) is 4.55. The average Bonchev–Trinajstić information content (AvgIpc) is 2.42. The second kappa shape index (κ2) is 5.47. The zero-order valence-electron chi connectivity index (χ0n) is 11.8. The highest BCUT2D eigenvalue weighted by Crippen LogP contribution is 2.25. The first kappa shape index (κ1) is 12.9. The molecule has 104 valence electrons. The van der Waals surface area contributed by atoms with E-state index in [1.807, 2.05) is 12.3 Å². The summed E-state index contributed by atoms with van der Waals surface area (Å²) in [7, 11) is 0. The molecule has 0 amide bonds. The predicted octanol–water partition coefficient (Wildman–Crippen LogP) is 1.72. The number of pyridine rings is 1. The van der Waals surface area contributed by atoms with Gasteiger partial charge in [-0.1, -0.05) is 12.5 Å². The lowest BCUT2D eigenvalue weighted by atomic mass is 9.97. The van der Waals surface area contributed by atoms with Crippen molar-refractivity contribution in [2.75, 3.05) is 25.4 Å². The molecular weight excluding hydrogens is 236 g/mol. The van der Waals surface area contributed by atoms with E-state index in [1.54, 1.807) is 0 Å². The van der Waals surface area contributed by atoms with Crippen molar-refractivity contribution in [3.05, 3.63) is 23.9 Å². The van der Waals surface area contributed by atoms with E-state index in [0.29, 0.717) is 11.9 Å². The van der Waals surface area contributed by atoms with E-state index < -0.39 is 0 Å². The topological polar surface area (TPSA) is 45.4 Å². The molecule has 0 aromatic carbocycles. The van der Waals surface area contributed by atoms with E-state index in [1.165, 1.54) is 44.5 Å². The zero-order chi connectivity index (χ0) is 13.2. The molecule has 2 atom stereocenters. The molecule has 19 heavy (non-hydrogen) atoms. The van der Waals surface area contributed by atoms with Crippen LogP contribution in [0.5, 0.6) is 0 Å². The molecule has 2 unspecified atom stereocenters. The summed E-state index contributed by atoms with van der Waals surface area (Å²) >= 11 is 0. The first-order chi connectivity index (χ1) is 9.22. The van der Waals surface area contributed by atoms with Gasteiger partial charge in [0.25, 0.3) is 0 Å². The number of fused-ring (bicyclic) bond motifs is 1. The Morgan fingerprint density at radius 3 is 3.00 bits per heavy atom. The molecule has 2 aliphatic rings. The fourth-order valence-electron chi connectivity index (χ4n) is 3.40. The highest BCUT2D eigenvalue weighted by molar-refractivity contribution is 5.29. The summed E-state index contributed by atoms with van der Waals surface area (Å²) in [4.78, 5) is 9.48. The maximum absolute atomic E-state index is 5.64. The van der Waals surface area contributed by atoms with Gasteiger partial charge in [0.1, 0.15) is 5.82 Å². The van der Waals surface area contributed by atoms with Crippen LogP contribution in [-0.4, -0.2) is 46.5 Å². The van der Waals surface area contributed by atoms with Crippen LogP contribution in [0, 0.1) is 0 Å². The molecule has 2 saturated heterocycles. The lowest BCUT2D eigenvalue weighted by molar-refractivity contribution is 0.0110. The molecule has 4 heteroatoms. The van der Waals surface area contributed by atoms with Crippen molar-refractivity contribution in [3.63, 3.8) is 0 Å². The number of nitrogens with two attached hydrogens (primary N) is 1. The van der Waals surface area contributed by atoms with Crippen LogP contribution in [0.2, 0.25) is 0 Å². The first-order valence-corrected chi connectivity index (χ1v) is 7.41. The second-order valence-corrected chi connectivity index (χ2v) is 6.01. The average molecular weight is 260 g/mol. The van der Waals surface area contributed by atoms with Crippen molar-refractivity contribution in [1.82, 2.24) is 14.8 Å². The van der Waals surface area contributed by atoms with Gasteiger partial charge in [-0.15, -0.1) is 0 Å². The van der Waals surface area contributed by atoms with Crippen LogP contribution in [0.4, 0.5) is 5.82 Å². The number of anilines is 1. The van der Waals surface area contributed by atoms with Crippen LogP contribution in [0.15, 0.2) is 18.3 Å². The summed E-state index contributed by atoms with van der Waals surface area (Å²) in [5, 5.41) is 0. The summed E-state index contributed by atoms with van der Waals surface area (Å²) < 4.78 is 0. The molecular formula is C15H24N4. The molecule has 4 nitrogen and oxygen atoms in total. The van der Waals surface area contributed by atoms with Crippen molar-refractivity contribution in [2.24, 2.45) is 0 Å². The van der Waals surface area contributed by atoms with E-state index in [2.05, 4.69) is 27.8 Å². The zero-order valence-corrected chi connectivity index (χ0v) is 11.8. The van der Waals surface area contributed by atoms with Crippen LogP contribution in [0.3, 0.4) is 0 Å². The van der Waals surface area contributed by atoms with Gasteiger partial charge < -0.3 is 5.73 Å². The third kappa shape index (κ3) is 2.90. The van der Waals surface area contributed by atoms with Crippen LogP contribution < -0.4 is 5.73 Å². The van der Waals surface area contributed by atoms with Crippen molar-refractivity contribution in [2.45, 2.75) is 44.8 Å². The molecule has 3 rings (SSSR count). The number of hydrogen-bond donors (Lipinski definition) is 1. The molecule has 1 aromatic heterocycles. The van der Waals surface area contributed by atoms with Gasteiger partial charge in [-0.2, -0.15) is 0 Å². The smallest absolute Gasteiger partial charge is 0.123 e. The summed E-state index contributed by atoms with van der Waals surface area (Å²) in [6, 6.07) is 5.40. The maximum Gasteiger partial charge on any atom is 0.123 e. The van der Waals surface area contributed by atoms with Crippen molar-refractivity contribution in [1.29, 1.82) is 0 Å². The van der Waals surface area contributed by atoms with Gasteiger partial charge >= 0.3 is 0 Å². The Kier molecular flexibility index (Phi) is 3.71. The second-order valence-electron chi connectivity index (χ2n) is 6.01. The van der Waals surface area contributed by atoms with Gasteiger partial charge in [0.15, 0.2) is 0 Å². The summed E-state index contributed by atoms with van der Waals surface area (Å²) in [6.07, 6.45) is 6.05. The predicted molar refractivity (Wildman–Crippen MR) is 77.7 cm³/mol. The normalized spacial score (nSPS) is 29.1. The molecule has 3 heterocycles. The Morgan fingerprint density at radius 2 is 2.21 bits per heavy atom. The quantitative estimate of drug-likeness (QED) is 0.879. The van der Waals surface area contributed by atoms with Crippen molar-refractivity contribution >= 4 is 5.82 Å². The van der Waals surface area contributed by atoms with E-state index in [4.69, 9.17) is 5.73 Å². The van der Waals surface area contributed by atoms with Crippen LogP contribution in [0.1, 0.15) is 31.7 Å². The van der Waals surface area contributed by atoms with Gasteiger partial charge in [0, 0.05) is 37.9 Å². The van der Waals surface area contributed by atoms with E-state index >= 15 is 0 Å². The summed E-state index contributed by atoms with van der Waals surface area (Å²) in [5.74, 6) is 0.605. The van der Waals surface area contributed by atoms with Gasteiger partial charge in [-0.05, 0) is 37.9 Å². The molecule has 0 bridgehead atoms. The number of aromatic nitrogens is 1. The van der Waals surface area contributed by atoms with Gasteiger partial charge in [0.2, 0.25) is 0 Å². The molecule has 0 aliphatic carbocycles. The minimum absolute atomic E-state index is 0.605. The number of piperazine rings is 1. The molecule has 0 saturated carbocycles. The van der Waals surface area contributed by atoms with Crippen LogP contribution in [0.25, 0.3) is 0 Å². The SMILES string of the molecule is CC1CN2CCCCC2CN1Cc1ccc(N)nc1. The van der Waals surface area contributed by atoms with Gasteiger partial charge in [0.05, 0.1) is 0 Å². The Morgan fingerprint density at radius 1 is 1.32 bits per heavy atom. The van der Waals surface area contributed by atoms with Gasteiger partial charge in [-0.25, -0.2) is 4.98 Å². The fraction of sp³-hybridized carbons (Fsp3) is 0.667. The maximum atomic E-state index is 5.64. The largest absolute Gasteiger partial charge is 0.384 e. The van der Waals surface area contributed by atoms with Crippen molar-refractivity contribution in [3.8, 4) is 0 Å². The molecule has 2 aliphatic heterocycles. The highest BCUT2D eigenvalue weighted by Gasteiger charge is 2.32. The minimum Gasteiger partial charge on any atom is -0.384 e. The number of piperidine rings is 1. The van der Waals surface area contributed by atoms with Gasteiger partial charge in [-0.3, -0.25) is 9.80 Å². The van der Waals surface area contributed by atoms with Crippen molar-refractivity contribution < 1.29 is 0 Å². The Hall–Kier alpha value is -1.13. The molecule has 2 N–H and O–H groups in total. The monoisotopic (exact) mass is 260 g/mol. The lowest BCUT2D eigenvalue weighted by Crippen LogP contribution is -2.58. The third-order valence-corrected chi connectivity index (χ3v) is 4.55. The lowest BCUT2D eigenvalue weighted by Gasteiger charge is -2.47. The Bertz CT molecular complexity index is 417. The molecule has 0 radical (unpaired) electrons. The van der Waals surface area contributed by atoms with Crippen LogP contribution in [-0.2, 0) is 6.54 Å². The van der Waals surface area contributed by atoms with E-state index in [-0.39, 0.29) is 0 Å². The standard InChI is InChI=1S/C15H24N4/c1-12-9-18-7-3-2-4-14(18)11-19(12)10-13-5-6-15(16)17-8-13/h5-6,8,12,14H,2-4,7,9-11H2,1H3,(H2,16,17). The fourth-order valence-corrected chi connectivity index (χ4v) is 3.40. The Labute approximate surface area is 115 Å². The number of nitrogens with zero attached hydrogens (tertiary/aromatic N) is 3. The number of hydrogen-bond acceptors (Lipinski definition) is 4. The number of rotatable bonds is 2. The molecule has 0 spiro atoms.